The molecular formula is C15H18N2. The van der Waals surface area contributed by atoms with Crippen LogP contribution in [0.2, 0.25) is 0 Å². The maximum Gasteiger partial charge on any atom is 0.127 e. The molecule has 0 aliphatic heterocycles. The van der Waals surface area contributed by atoms with Crippen LogP contribution in [0.4, 0.5) is 5.82 Å². The minimum atomic E-state index is 0.643. The van der Waals surface area contributed by atoms with Crippen LogP contribution in [0.25, 0.3) is 0 Å². The Kier molecular flexibility index (Phi) is 3.43. The monoisotopic (exact) mass is 226 g/mol. The second-order valence-corrected chi connectivity index (χ2v) is 4.34. The van der Waals surface area contributed by atoms with Gasteiger partial charge in [-0.1, -0.05) is 31.2 Å². The van der Waals surface area contributed by atoms with Gasteiger partial charge < -0.3 is 5.73 Å². The van der Waals surface area contributed by atoms with Crippen molar-refractivity contribution in [1.82, 2.24) is 4.98 Å². The average Bonchev–Trinajstić information content (AvgIpc) is 2.35. The number of nitrogen functional groups attached to an aromatic ring is 1. The fourth-order valence-electron chi connectivity index (χ4n) is 1.94. The van der Waals surface area contributed by atoms with Gasteiger partial charge in [0.25, 0.3) is 0 Å². The van der Waals surface area contributed by atoms with Crippen LogP contribution in [-0.2, 0) is 12.8 Å². The maximum atomic E-state index is 5.91. The van der Waals surface area contributed by atoms with E-state index in [0.717, 1.165) is 18.4 Å². The summed E-state index contributed by atoms with van der Waals surface area (Å²) < 4.78 is 0. The van der Waals surface area contributed by atoms with Crippen molar-refractivity contribution in [3.05, 3.63) is 58.8 Å². The van der Waals surface area contributed by atoms with Crippen molar-refractivity contribution in [2.24, 2.45) is 0 Å². The Bertz CT molecular complexity index is 481. The molecule has 2 heteroatoms. The number of aromatic nitrogens is 1. The summed E-state index contributed by atoms with van der Waals surface area (Å²) in [6.45, 7) is 4.24. The molecule has 1 heterocycles. The highest BCUT2D eigenvalue weighted by Gasteiger charge is 2.05. The topological polar surface area (TPSA) is 38.9 Å². The van der Waals surface area contributed by atoms with E-state index < -0.39 is 0 Å². The van der Waals surface area contributed by atoms with Gasteiger partial charge in [-0.2, -0.15) is 0 Å². The van der Waals surface area contributed by atoms with Crippen molar-refractivity contribution in [3.8, 4) is 0 Å². The van der Waals surface area contributed by atoms with E-state index in [-0.39, 0.29) is 0 Å². The second kappa shape index (κ2) is 5.00. The van der Waals surface area contributed by atoms with E-state index in [0.29, 0.717) is 5.82 Å². The lowest BCUT2D eigenvalue weighted by Crippen LogP contribution is -2.01. The molecule has 0 atom stereocenters. The molecule has 2 nitrogen and oxygen atoms in total. The predicted molar refractivity (Wildman–Crippen MR) is 72.0 cm³/mol. The third-order valence-corrected chi connectivity index (χ3v) is 3.14. The normalized spacial score (nSPS) is 10.5. The summed E-state index contributed by atoms with van der Waals surface area (Å²) in [6, 6.07) is 10.7. The van der Waals surface area contributed by atoms with E-state index in [2.05, 4.69) is 43.1 Å². The molecule has 2 aromatic rings. The summed E-state index contributed by atoms with van der Waals surface area (Å²) in [4.78, 5) is 4.15. The zero-order valence-electron chi connectivity index (χ0n) is 10.4. The third kappa shape index (κ3) is 2.64. The fourth-order valence-corrected chi connectivity index (χ4v) is 1.94. The molecule has 0 radical (unpaired) electrons. The summed E-state index contributed by atoms with van der Waals surface area (Å²) in [5.74, 6) is 0.643. The van der Waals surface area contributed by atoms with Gasteiger partial charge in [-0.25, -0.2) is 4.98 Å². The van der Waals surface area contributed by atoms with Gasteiger partial charge in [0.15, 0.2) is 0 Å². The molecule has 0 aliphatic carbocycles. The Morgan fingerprint density at radius 2 is 1.71 bits per heavy atom. The lowest BCUT2D eigenvalue weighted by molar-refractivity contribution is 1.10. The van der Waals surface area contributed by atoms with Crippen molar-refractivity contribution < 1.29 is 0 Å². The van der Waals surface area contributed by atoms with Crippen LogP contribution < -0.4 is 5.73 Å². The Hall–Kier alpha value is -1.83. The summed E-state index contributed by atoms with van der Waals surface area (Å²) in [6.07, 6.45) is 3.69. The Morgan fingerprint density at radius 1 is 1.06 bits per heavy atom. The number of nitrogens with zero attached hydrogens (tertiary/aromatic N) is 1. The van der Waals surface area contributed by atoms with Crippen molar-refractivity contribution in [1.29, 1.82) is 0 Å². The number of hydrogen-bond acceptors (Lipinski definition) is 2. The van der Waals surface area contributed by atoms with Crippen LogP contribution in [0.1, 0.15) is 29.2 Å². The molecule has 2 rings (SSSR count). The van der Waals surface area contributed by atoms with Crippen molar-refractivity contribution in [3.63, 3.8) is 0 Å². The van der Waals surface area contributed by atoms with Crippen LogP contribution in [-0.4, -0.2) is 4.98 Å². The quantitative estimate of drug-likeness (QED) is 0.873. The number of rotatable bonds is 3. The van der Waals surface area contributed by atoms with Crippen molar-refractivity contribution in [2.75, 3.05) is 5.73 Å². The van der Waals surface area contributed by atoms with Crippen LogP contribution in [0.15, 0.2) is 36.5 Å². The number of hydrogen-bond donors (Lipinski definition) is 1. The van der Waals surface area contributed by atoms with Gasteiger partial charge in [0, 0.05) is 18.2 Å². The highest BCUT2D eigenvalue weighted by molar-refractivity contribution is 5.46. The molecule has 0 unspecified atom stereocenters. The van der Waals surface area contributed by atoms with Crippen LogP contribution in [0.5, 0.6) is 0 Å². The van der Waals surface area contributed by atoms with E-state index in [1.165, 1.54) is 16.7 Å². The highest BCUT2D eigenvalue weighted by Crippen LogP contribution is 2.18. The molecule has 17 heavy (non-hydrogen) atoms. The summed E-state index contributed by atoms with van der Waals surface area (Å²) in [5.41, 5.74) is 10.9. The molecule has 0 bridgehead atoms. The zero-order chi connectivity index (χ0) is 12.3. The van der Waals surface area contributed by atoms with Gasteiger partial charge in [0.1, 0.15) is 5.82 Å². The number of anilines is 1. The average molecular weight is 226 g/mol. The Balaban J connectivity index is 2.25. The van der Waals surface area contributed by atoms with Crippen molar-refractivity contribution in [2.45, 2.75) is 26.7 Å². The highest BCUT2D eigenvalue weighted by atomic mass is 14.8. The predicted octanol–water partition coefficient (Wildman–Crippen LogP) is 3.13. The Morgan fingerprint density at radius 3 is 2.29 bits per heavy atom. The molecule has 0 saturated carbocycles. The van der Waals surface area contributed by atoms with E-state index >= 15 is 0 Å². The first-order chi connectivity index (χ1) is 8.20. The maximum absolute atomic E-state index is 5.91. The van der Waals surface area contributed by atoms with Gasteiger partial charge in [-0.15, -0.1) is 0 Å². The van der Waals surface area contributed by atoms with Gasteiger partial charge >= 0.3 is 0 Å². The van der Waals surface area contributed by atoms with Crippen LogP contribution in [0.3, 0.4) is 0 Å². The van der Waals surface area contributed by atoms with Crippen LogP contribution >= 0.6 is 0 Å². The van der Waals surface area contributed by atoms with Gasteiger partial charge in [-0.3, -0.25) is 0 Å². The number of pyridine rings is 1. The number of nitrogens with two attached hydrogens (primary N) is 1. The number of aryl methyl sites for hydroxylation is 2. The van der Waals surface area contributed by atoms with E-state index in [1.54, 1.807) is 6.20 Å². The zero-order valence-corrected chi connectivity index (χ0v) is 10.4. The van der Waals surface area contributed by atoms with E-state index in [4.69, 9.17) is 5.73 Å². The lowest BCUT2D eigenvalue weighted by atomic mass is 10.0. The first-order valence-electron chi connectivity index (χ1n) is 5.98. The molecule has 0 fully saturated rings. The third-order valence-electron chi connectivity index (χ3n) is 3.14. The van der Waals surface area contributed by atoms with Crippen LogP contribution in [0, 0.1) is 6.92 Å². The summed E-state index contributed by atoms with van der Waals surface area (Å²) in [5, 5.41) is 0. The SMILES string of the molecule is CCc1ccc(Cc2c(C)ccnc2N)cc1. The summed E-state index contributed by atoms with van der Waals surface area (Å²) >= 11 is 0. The van der Waals surface area contributed by atoms with Gasteiger partial charge in [0.05, 0.1) is 0 Å². The van der Waals surface area contributed by atoms with Gasteiger partial charge in [0.2, 0.25) is 0 Å². The summed E-state index contributed by atoms with van der Waals surface area (Å²) in [7, 11) is 0. The van der Waals surface area contributed by atoms with Crippen molar-refractivity contribution >= 4 is 5.82 Å². The smallest absolute Gasteiger partial charge is 0.127 e. The molecule has 0 spiro atoms. The van der Waals surface area contributed by atoms with Gasteiger partial charge in [-0.05, 0) is 36.1 Å². The fraction of sp³-hybridized carbons (Fsp3) is 0.267. The molecule has 1 aromatic carbocycles. The minimum absolute atomic E-state index is 0.643. The molecule has 2 N–H and O–H groups in total. The first kappa shape index (κ1) is 11.6. The molecule has 1 aromatic heterocycles. The standard InChI is InChI=1S/C15H18N2/c1-3-12-4-6-13(7-5-12)10-14-11(2)8-9-17-15(14)16/h4-9H,3,10H2,1-2H3,(H2,16,17). The minimum Gasteiger partial charge on any atom is -0.383 e. The second-order valence-electron chi connectivity index (χ2n) is 4.34. The number of benzene rings is 1. The molecule has 0 amide bonds. The largest absolute Gasteiger partial charge is 0.383 e. The Labute approximate surface area is 103 Å². The van der Waals surface area contributed by atoms with E-state index in [1.807, 2.05) is 6.07 Å². The molecule has 0 saturated heterocycles. The molecular weight excluding hydrogens is 208 g/mol. The first-order valence-corrected chi connectivity index (χ1v) is 5.98. The van der Waals surface area contributed by atoms with E-state index in [9.17, 15) is 0 Å². The lowest BCUT2D eigenvalue weighted by Gasteiger charge is -2.08. The molecule has 88 valence electrons. The molecule has 0 aliphatic rings.